The Labute approximate surface area is 225 Å². The number of urea groups is 1. The fraction of sp³-hybridized carbons (Fsp3) is 0.462. The van der Waals surface area contributed by atoms with Crippen LogP contribution in [0.2, 0.25) is 0 Å². The fourth-order valence-corrected chi connectivity index (χ4v) is 5.44. The molecule has 3 rings (SSSR count). The van der Waals surface area contributed by atoms with Gasteiger partial charge in [-0.25, -0.2) is 9.18 Å². The summed E-state index contributed by atoms with van der Waals surface area (Å²) in [5, 5.41) is 2.62. The lowest BCUT2D eigenvalue weighted by Gasteiger charge is -2.40. The molecule has 2 aromatic rings. The number of alkyl halides is 6. The van der Waals surface area contributed by atoms with E-state index < -0.39 is 47.3 Å². The normalized spacial score (nSPS) is 18.1. The van der Waals surface area contributed by atoms with E-state index in [1.165, 1.54) is 35.7 Å². The Balaban J connectivity index is 1.73. The van der Waals surface area contributed by atoms with E-state index in [-0.39, 0.29) is 42.3 Å². The highest BCUT2D eigenvalue weighted by Gasteiger charge is 2.37. The molecule has 1 aliphatic heterocycles. The number of piperidine rings is 1. The number of hydrogen-bond acceptors (Lipinski definition) is 4. The molecule has 2 amide bonds. The Morgan fingerprint density at radius 3 is 2.26 bits per heavy atom. The molecular weight excluding hydrogens is 553 g/mol. The number of likely N-dealkylation sites (tertiary alicyclic amines) is 1. The van der Waals surface area contributed by atoms with Gasteiger partial charge in [-0.2, -0.15) is 26.3 Å². The average molecular weight is 581 g/mol. The summed E-state index contributed by atoms with van der Waals surface area (Å²) in [6.07, 6.45) is -9.16. The highest BCUT2D eigenvalue weighted by atomic mass is 32.2. The van der Waals surface area contributed by atoms with Crippen LogP contribution in [0.5, 0.6) is 0 Å². The second-order valence-corrected chi connectivity index (χ2v) is 10.4. The number of amides is 2. The maximum absolute atomic E-state index is 13.7. The largest absolute Gasteiger partial charge is 0.455 e. The highest BCUT2D eigenvalue weighted by Crippen LogP contribution is 2.38. The van der Waals surface area contributed by atoms with E-state index in [1.807, 2.05) is 0 Å². The van der Waals surface area contributed by atoms with Gasteiger partial charge in [-0.15, -0.1) is 11.8 Å². The Hall–Kier alpha value is -2.96. The third-order valence-corrected chi connectivity index (χ3v) is 7.46. The lowest BCUT2D eigenvalue weighted by molar-refractivity contribution is -0.143. The van der Waals surface area contributed by atoms with Gasteiger partial charge in [-0.05, 0) is 73.2 Å². The molecule has 1 aliphatic rings. The van der Waals surface area contributed by atoms with Crippen LogP contribution in [-0.2, 0) is 28.3 Å². The molecule has 1 saturated heterocycles. The van der Waals surface area contributed by atoms with Crippen LogP contribution in [0.25, 0.3) is 0 Å². The number of esters is 1. The lowest BCUT2D eigenvalue weighted by Crippen LogP contribution is -2.47. The molecule has 0 aliphatic carbocycles. The van der Waals surface area contributed by atoms with Crippen molar-refractivity contribution in [1.82, 2.24) is 10.2 Å². The van der Waals surface area contributed by atoms with Crippen molar-refractivity contribution in [1.29, 1.82) is 0 Å². The number of aryl methyl sites for hydroxylation is 1. The molecule has 0 aromatic heterocycles. The third kappa shape index (κ3) is 8.51. The summed E-state index contributed by atoms with van der Waals surface area (Å²) >= 11 is 1.41. The molecular formula is C26H27F7N2O3S. The summed E-state index contributed by atoms with van der Waals surface area (Å²) in [4.78, 5) is 25.7. The standard InChI is InChI=1S/C26H27F7N2O3S/c1-15-9-20(27)3-4-22(15)23-13-21(39-14-38-16(2)36)6-8-35(23)24(37)34-7-5-17-10-18(25(28,29)30)12-19(11-17)26(31,32)33/h3-4,9-12,21,23H,5-8,13-14H2,1-2H3,(H,34,37)/t21-,23+/m0/s1. The minimum atomic E-state index is -4.96. The Morgan fingerprint density at radius 1 is 1.05 bits per heavy atom. The van der Waals surface area contributed by atoms with Crippen molar-refractivity contribution < 1.29 is 45.1 Å². The molecule has 2 atom stereocenters. The van der Waals surface area contributed by atoms with Crippen molar-refractivity contribution in [2.75, 3.05) is 19.0 Å². The van der Waals surface area contributed by atoms with Crippen LogP contribution >= 0.6 is 11.8 Å². The van der Waals surface area contributed by atoms with Gasteiger partial charge >= 0.3 is 24.4 Å². The molecule has 39 heavy (non-hydrogen) atoms. The summed E-state index contributed by atoms with van der Waals surface area (Å²) < 4.78 is 97.6. The van der Waals surface area contributed by atoms with Gasteiger partial charge in [0, 0.05) is 25.3 Å². The first-order valence-corrected chi connectivity index (χ1v) is 13.0. The summed E-state index contributed by atoms with van der Waals surface area (Å²) in [6, 6.07) is 4.51. The molecule has 1 fully saturated rings. The number of hydrogen-bond donors (Lipinski definition) is 1. The number of carbonyl (C=O) groups is 2. The van der Waals surface area contributed by atoms with Crippen LogP contribution in [0.3, 0.4) is 0 Å². The molecule has 1 N–H and O–H groups in total. The molecule has 0 unspecified atom stereocenters. The zero-order chi connectivity index (χ0) is 29.0. The van der Waals surface area contributed by atoms with Gasteiger partial charge in [-0.3, -0.25) is 4.79 Å². The minimum Gasteiger partial charge on any atom is -0.455 e. The van der Waals surface area contributed by atoms with Gasteiger partial charge in [0.2, 0.25) is 0 Å². The SMILES string of the molecule is CC(=O)OCS[C@H]1CCN(C(=O)NCCc2cc(C(F)(F)F)cc(C(F)(F)F)c2)[C@@H](c2ccc(F)cc2C)C1. The van der Waals surface area contributed by atoms with Gasteiger partial charge in [0.15, 0.2) is 0 Å². The van der Waals surface area contributed by atoms with Crippen molar-refractivity contribution in [3.8, 4) is 0 Å². The molecule has 13 heteroatoms. The number of ether oxygens (including phenoxy) is 1. The first-order valence-electron chi connectivity index (χ1n) is 12.0. The number of rotatable bonds is 7. The molecule has 0 bridgehead atoms. The van der Waals surface area contributed by atoms with E-state index in [0.29, 0.717) is 36.1 Å². The van der Waals surface area contributed by atoms with Crippen molar-refractivity contribution in [3.05, 3.63) is 70.0 Å². The smallest absolute Gasteiger partial charge is 0.416 e. The van der Waals surface area contributed by atoms with Crippen LogP contribution in [-0.4, -0.2) is 41.2 Å². The van der Waals surface area contributed by atoms with Gasteiger partial charge in [-0.1, -0.05) is 6.07 Å². The van der Waals surface area contributed by atoms with Crippen LogP contribution in [0, 0.1) is 12.7 Å². The Bertz CT molecular complexity index is 1150. The quantitative estimate of drug-likeness (QED) is 0.220. The van der Waals surface area contributed by atoms with E-state index in [2.05, 4.69) is 5.32 Å². The predicted molar refractivity (Wildman–Crippen MR) is 131 cm³/mol. The van der Waals surface area contributed by atoms with E-state index in [1.54, 1.807) is 13.0 Å². The monoisotopic (exact) mass is 580 g/mol. The maximum Gasteiger partial charge on any atom is 0.416 e. The molecule has 0 radical (unpaired) electrons. The van der Waals surface area contributed by atoms with Gasteiger partial charge in [0.1, 0.15) is 11.8 Å². The topological polar surface area (TPSA) is 58.6 Å². The molecule has 5 nitrogen and oxygen atoms in total. The fourth-order valence-electron chi connectivity index (χ4n) is 4.43. The number of nitrogens with zero attached hydrogens (tertiary/aromatic N) is 1. The van der Waals surface area contributed by atoms with Gasteiger partial charge in [0.05, 0.1) is 17.2 Å². The number of benzene rings is 2. The summed E-state index contributed by atoms with van der Waals surface area (Å²) in [5.41, 5.74) is -1.73. The van der Waals surface area contributed by atoms with Crippen LogP contribution in [0.1, 0.15) is 53.6 Å². The second kappa shape index (κ2) is 12.5. The van der Waals surface area contributed by atoms with E-state index >= 15 is 0 Å². The zero-order valence-corrected chi connectivity index (χ0v) is 21.9. The summed E-state index contributed by atoms with van der Waals surface area (Å²) in [5.74, 6) is -0.727. The van der Waals surface area contributed by atoms with Crippen molar-refractivity contribution in [2.24, 2.45) is 0 Å². The van der Waals surface area contributed by atoms with Crippen LogP contribution in [0.15, 0.2) is 36.4 Å². The Kier molecular flexibility index (Phi) is 9.78. The van der Waals surface area contributed by atoms with Gasteiger partial charge < -0.3 is 15.0 Å². The maximum atomic E-state index is 13.7. The number of carbonyl (C=O) groups excluding carboxylic acids is 2. The van der Waals surface area contributed by atoms with Gasteiger partial charge in [0.25, 0.3) is 0 Å². The Morgan fingerprint density at radius 2 is 1.69 bits per heavy atom. The van der Waals surface area contributed by atoms with E-state index in [4.69, 9.17) is 4.74 Å². The molecule has 0 saturated carbocycles. The highest BCUT2D eigenvalue weighted by molar-refractivity contribution is 7.99. The van der Waals surface area contributed by atoms with Crippen molar-refractivity contribution >= 4 is 23.8 Å². The third-order valence-electron chi connectivity index (χ3n) is 6.31. The molecule has 0 spiro atoms. The van der Waals surface area contributed by atoms with Crippen molar-refractivity contribution in [2.45, 2.75) is 56.8 Å². The van der Waals surface area contributed by atoms with Crippen LogP contribution in [0.4, 0.5) is 35.5 Å². The van der Waals surface area contributed by atoms with E-state index in [0.717, 1.165) is 0 Å². The number of halogens is 7. The van der Waals surface area contributed by atoms with Crippen molar-refractivity contribution in [3.63, 3.8) is 0 Å². The first kappa shape index (κ1) is 30.6. The lowest BCUT2D eigenvalue weighted by atomic mass is 9.92. The number of thioether (sulfide) groups is 1. The van der Waals surface area contributed by atoms with Crippen LogP contribution < -0.4 is 5.32 Å². The minimum absolute atomic E-state index is 0.0220. The predicted octanol–water partition coefficient (Wildman–Crippen LogP) is 6.88. The molecule has 2 aromatic carbocycles. The first-order chi connectivity index (χ1) is 18.1. The number of nitrogens with one attached hydrogen (secondary N) is 1. The summed E-state index contributed by atoms with van der Waals surface area (Å²) in [7, 11) is 0. The van der Waals surface area contributed by atoms with E-state index in [9.17, 15) is 40.3 Å². The molecule has 1 heterocycles. The average Bonchev–Trinajstić information content (AvgIpc) is 2.82. The zero-order valence-electron chi connectivity index (χ0n) is 21.1. The molecule has 214 valence electrons. The summed E-state index contributed by atoms with van der Waals surface area (Å²) in [6.45, 7) is 3.08. The second-order valence-electron chi connectivity index (χ2n) is 9.17.